The second-order valence-electron chi connectivity index (χ2n) is 8.48. The van der Waals surface area contributed by atoms with E-state index < -0.39 is 22.0 Å². The van der Waals surface area contributed by atoms with Gasteiger partial charge in [-0.2, -0.15) is 4.72 Å². The van der Waals surface area contributed by atoms with Crippen molar-refractivity contribution in [2.75, 3.05) is 13.2 Å². The first kappa shape index (κ1) is 27.7. The van der Waals surface area contributed by atoms with E-state index in [0.717, 1.165) is 5.39 Å². The molecule has 0 saturated carbocycles. The largest absolute Gasteiger partial charge is 0.482 e. The van der Waals surface area contributed by atoms with Gasteiger partial charge in [-0.15, -0.1) is 0 Å². The molecule has 0 fully saturated rings. The third-order valence-electron chi connectivity index (χ3n) is 5.75. The number of carbonyl (C=O) groups excluding carboxylic acids is 1. The first-order valence-electron chi connectivity index (χ1n) is 11.6. The summed E-state index contributed by atoms with van der Waals surface area (Å²) in [4.78, 5) is 23.7. The summed E-state index contributed by atoms with van der Waals surface area (Å²) < 4.78 is 39.3. The van der Waals surface area contributed by atoms with Gasteiger partial charge in [0.05, 0.1) is 9.92 Å². The lowest BCUT2D eigenvalue weighted by atomic mass is 10.1. The van der Waals surface area contributed by atoms with Crippen LogP contribution >= 0.6 is 23.2 Å². The van der Waals surface area contributed by atoms with Crippen molar-refractivity contribution in [3.05, 3.63) is 70.7 Å². The Bertz CT molecular complexity index is 1590. The Morgan fingerprint density at radius 2 is 1.74 bits per heavy atom. The van der Waals surface area contributed by atoms with Crippen LogP contribution in [-0.2, 0) is 19.6 Å². The zero-order valence-corrected chi connectivity index (χ0v) is 22.3. The average Bonchev–Trinajstić information content (AvgIpc) is 3.25. The molecular formula is C26H24Cl2N2O7S. The van der Waals surface area contributed by atoms with Gasteiger partial charge < -0.3 is 19.6 Å². The second kappa shape index (κ2) is 12.0. The number of furan rings is 1. The highest BCUT2D eigenvalue weighted by Gasteiger charge is 2.25. The second-order valence-corrected chi connectivity index (χ2v) is 11.0. The molecule has 0 radical (unpaired) electrons. The topological polar surface area (TPSA) is 135 Å². The number of aliphatic carboxylic acids is 1. The number of halogens is 2. The summed E-state index contributed by atoms with van der Waals surface area (Å²) >= 11 is 11.8. The SMILES string of the molecule is O=C(COc1ccc(Cl)cc1Cl)NCCCCC(NS(=O)(=O)c1ccc2oc3ccccc3c2c1)C(=O)O. The van der Waals surface area contributed by atoms with Crippen molar-refractivity contribution in [2.45, 2.75) is 30.2 Å². The van der Waals surface area contributed by atoms with Gasteiger partial charge in [-0.3, -0.25) is 9.59 Å². The number of carbonyl (C=O) groups is 2. The standard InChI is InChI=1S/C26H24Cl2N2O7S/c27-16-8-10-24(20(28)13-16)36-15-25(31)29-12-4-3-6-21(26(32)33)30-38(34,35)17-9-11-23-19(14-17)18-5-1-2-7-22(18)37-23/h1-2,5,7-11,13-14,21,30H,3-4,6,12,15H2,(H,29,31)(H,32,33). The number of unbranched alkanes of at least 4 members (excludes halogenated alkanes) is 1. The Morgan fingerprint density at radius 3 is 2.50 bits per heavy atom. The molecule has 3 aromatic carbocycles. The minimum atomic E-state index is -4.12. The number of amides is 1. The lowest BCUT2D eigenvalue weighted by Gasteiger charge is -2.15. The van der Waals surface area contributed by atoms with Gasteiger partial charge in [0.2, 0.25) is 10.0 Å². The van der Waals surface area contributed by atoms with Crippen LogP contribution in [0.2, 0.25) is 10.0 Å². The highest BCUT2D eigenvalue weighted by Crippen LogP contribution is 2.30. The maximum Gasteiger partial charge on any atom is 0.321 e. The number of hydrogen-bond acceptors (Lipinski definition) is 6. The number of fused-ring (bicyclic) bond motifs is 3. The van der Waals surface area contributed by atoms with Crippen molar-refractivity contribution in [3.8, 4) is 5.75 Å². The van der Waals surface area contributed by atoms with Crippen LogP contribution in [0.25, 0.3) is 21.9 Å². The maximum atomic E-state index is 13.0. The molecule has 0 spiro atoms. The molecule has 0 saturated heterocycles. The van der Waals surface area contributed by atoms with Gasteiger partial charge in [0, 0.05) is 22.3 Å². The monoisotopic (exact) mass is 578 g/mol. The normalized spacial score (nSPS) is 12.5. The van der Waals surface area contributed by atoms with Crippen molar-refractivity contribution in [1.82, 2.24) is 10.0 Å². The fourth-order valence-corrected chi connectivity index (χ4v) is 5.56. The fourth-order valence-electron chi connectivity index (χ4n) is 3.85. The van der Waals surface area contributed by atoms with Gasteiger partial charge in [-0.05, 0) is 61.7 Å². The van der Waals surface area contributed by atoms with E-state index in [1.165, 1.54) is 18.2 Å². The summed E-state index contributed by atoms with van der Waals surface area (Å²) in [5.74, 6) is -1.35. The van der Waals surface area contributed by atoms with Crippen molar-refractivity contribution in [2.24, 2.45) is 0 Å². The molecule has 0 aliphatic rings. The smallest absolute Gasteiger partial charge is 0.321 e. The lowest BCUT2D eigenvalue weighted by Crippen LogP contribution is -2.40. The number of carboxylic acid groups (broad SMARTS) is 1. The van der Waals surface area contributed by atoms with Crippen molar-refractivity contribution in [3.63, 3.8) is 0 Å². The zero-order chi connectivity index (χ0) is 27.3. The van der Waals surface area contributed by atoms with Crippen molar-refractivity contribution in [1.29, 1.82) is 0 Å². The van der Waals surface area contributed by atoms with Gasteiger partial charge in [0.15, 0.2) is 6.61 Å². The van der Waals surface area contributed by atoms with Crippen LogP contribution in [-0.4, -0.2) is 44.6 Å². The molecular weight excluding hydrogens is 555 g/mol. The molecule has 1 aromatic heterocycles. The molecule has 200 valence electrons. The lowest BCUT2D eigenvalue weighted by molar-refractivity contribution is -0.139. The molecule has 3 N–H and O–H groups in total. The van der Waals surface area contributed by atoms with Gasteiger partial charge in [0.1, 0.15) is 23.0 Å². The number of rotatable bonds is 12. The maximum absolute atomic E-state index is 13.0. The van der Waals surface area contributed by atoms with Crippen LogP contribution in [0.3, 0.4) is 0 Å². The fraction of sp³-hybridized carbons (Fsp3) is 0.231. The summed E-state index contributed by atoms with van der Waals surface area (Å²) in [6.45, 7) is 0.00899. The Hall–Kier alpha value is -3.31. The number of benzene rings is 3. The Kier molecular flexibility index (Phi) is 8.78. The van der Waals surface area contributed by atoms with Crippen molar-refractivity contribution >= 4 is 67.0 Å². The first-order chi connectivity index (χ1) is 18.1. The van der Waals surface area contributed by atoms with Crippen LogP contribution < -0.4 is 14.8 Å². The average molecular weight is 579 g/mol. The quantitative estimate of drug-likeness (QED) is 0.201. The van der Waals surface area contributed by atoms with Crippen LogP contribution in [0, 0.1) is 0 Å². The molecule has 12 heteroatoms. The zero-order valence-electron chi connectivity index (χ0n) is 19.9. The molecule has 0 aliphatic carbocycles. The highest BCUT2D eigenvalue weighted by molar-refractivity contribution is 7.89. The van der Waals surface area contributed by atoms with E-state index in [4.69, 9.17) is 32.4 Å². The van der Waals surface area contributed by atoms with E-state index >= 15 is 0 Å². The molecule has 0 aliphatic heterocycles. The van der Waals surface area contributed by atoms with Gasteiger partial charge in [-0.25, -0.2) is 8.42 Å². The molecule has 1 atom stereocenters. The Labute approximate surface area is 228 Å². The predicted octanol–water partition coefficient (Wildman–Crippen LogP) is 4.99. The van der Waals surface area contributed by atoms with E-state index in [1.807, 2.05) is 18.2 Å². The van der Waals surface area contributed by atoms with E-state index in [2.05, 4.69) is 10.0 Å². The molecule has 4 aromatic rings. The number of ether oxygens (including phenoxy) is 1. The van der Waals surface area contributed by atoms with E-state index in [1.54, 1.807) is 24.3 Å². The van der Waals surface area contributed by atoms with Crippen LogP contribution in [0.15, 0.2) is 70.0 Å². The van der Waals surface area contributed by atoms with Crippen LogP contribution in [0.1, 0.15) is 19.3 Å². The molecule has 0 bridgehead atoms. The van der Waals surface area contributed by atoms with E-state index in [0.29, 0.717) is 40.2 Å². The summed E-state index contributed by atoms with van der Waals surface area (Å²) in [5.41, 5.74) is 1.16. The minimum Gasteiger partial charge on any atom is -0.482 e. The molecule has 1 heterocycles. The summed E-state index contributed by atoms with van der Waals surface area (Å²) in [6, 6.07) is 15.0. The van der Waals surface area contributed by atoms with Crippen molar-refractivity contribution < 1.29 is 32.3 Å². The predicted molar refractivity (Wildman–Crippen MR) is 144 cm³/mol. The van der Waals surface area contributed by atoms with Gasteiger partial charge in [-0.1, -0.05) is 41.4 Å². The van der Waals surface area contributed by atoms with Crippen LogP contribution in [0.4, 0.5) is 0 Å². The number of para-hydroxylation sites is 1. The third kappa shape index (κ3) is 6.76. The number of sulfonamides is 1. The number of nitrogens with one attached hydrogen (secondary N) is 2. The third-order valence-corrected chi connectivity index (χ3v) is 7.75. The summed E-state index contributed by atoms with van der Waals surface area (Å²) in [5, 5.41) is 14.4. The van der Waals surface area contributed by atoms with Crippen LogP contribution in [0.5, 0.6) is 5.75 Å². The van der Waals surface area contributed by atoms with E-state index in [-0.39, 0.29) is 35.4 Å². The minimum absolute atomic E-state index is 0.0399. The molecule has 38 heavy (non-hydrogen) atoms. The summed E-state index contributed by atoms with van der Waals surface area (Å²) in [7, 11) is -4.12. The number of carboxylic acids is 1. The molecule has 9 nitrogen and oxygen atoms in total. The number of hydrogen-bond donors (Lipinski definition) is 3. The molecule has 4 rings (SSSR count). The summed E-state index contributed by atoms with van der Waals surface area (Å²) in [6.07, 6.45) is 0.832. The Balaban J connectivity index is 1.27. The van der Waals surface area contributed by atoms with E-state index in [9.17, 15) is 23.1 Å². The molecule has 1 amide bonds. The highest BCUT2D eigenvalue weighted by atomic mass is 35.5. The van der Waals surface area contributed by atoms with Gasteiger partial charge in [0.25, 0.3) is 5.91 Å². The molecule has 1 unspecified atom stereocenters. The van der Waals surface area contributed by atoms with Gasteiger partial charge >= 0.3 is 5.97 Å². The first-order valence-corrected chi connectivity index (χ1v) is 13.9. The Morgan fingerprint density at radius 1 is 0.974 bits per heavy atom.